The molecule has 5 nitrogen and oxygen atoms in total. The van der Waals surface area contributed by atoms with Gasteiger partial charge in [-0.2, -0.15) is 0 Å². The van der Waals surface area contributed by atoms with Gasteiger partial charge in [-0.1, -0.05) is 24.3 Å². The summed E-state index contributed by atoms with van der Waals surface area (Å²) in [5, 5.41) is 2.78. The van der Waals surface area contributed by atoms with Crippen LogP contribution in [0.25, 0.3) is 0 Å². The molecular formula is C19H30BNO4. The molecule has 2 rings (SSSR count). The molecule has 6 heteroatoms. The molecule has 1 aromatic rings. The maximum absolute atomic E-state index is 11.7. The summed E-state index contributed by atoms with van der Waals surface area (Å²) in [4.78, 5) is 11.7. The average molecular weight is 347 g/mol. The second kappa shape index (κ2) is 7.00. The first-order chi connectivity index (χ1) is 11.4. The maximum Gasteiger partial charge on any atom is 0.494 e. The number of alkyl carbamates (subject to hydrolysis) is 1. The summed E-state index contributed by atoms with van der Waals surface area (Å²) in [5.74, 6) is 0. The van der Waals surface area contributed by atoms with Gasteiger partial charge < -0.3 is 19.4 Å². The lowest BCUT2D eigenvalue weighted by molar-refractivity contribution is 0.00578. The Balaban J connectivity index is 1.93. The van der Waals surface area contributed by atoms with E-state index in [1.165, 1.54) is 0 Å². The predicted molar refractivity (Wildman–Crippen MR) is 100 cm³/mol. The van der Waals surface area contributed by atoms with Crippen molar-refractivity contribution in [2.24, 2.45) is 0 Å². The van der Waals surface area contributed by atoms with E-state index in [1.807, 2.05) is 66.7 Å². The van der Waals surface area contributed by atoms with Gasteiger partial charge in [0.1, 0.15) is 5.60 Å². The van der Waals surface area contributed by atoms with E-state index < -0.39 is 11.7 Å². The van der Waals surface area contributed by atoms with Crippen molar-refractivity contribution in [1.29, 1.82) is 0 Å². The Labute approximate surface area is 151 Å². The van der Waals surface area contributed by atoms with Gasteiger partial charge in [0.25, 0.3) is 0 Å². The van der Waals surface area contributed by atoms with Crippen LogP contribution < -0.4 is 10.8 Å². The van der Waals surface area contributed by atoms with Crippen LogP contribution in [0.1, 0.15) is 54.0 Å². The molecule has 0 saturated carbocycles. The number of benzene rings is 1. The maximum atomic E-state index is 11.7. The van der Waals surface area contributed by atoms with Crippen LogP contribution >= 0.6 is 0 Å². The van der Waals surface area contributed by atoms with E-state index >= 15 is 0 Å². The zero-order chi connectivity index (χ0) is 18.9. The molecule has 0 aliphatic carbocycles. The Morgan fingerprint density at radius 3 is 2.32 bits per heavy atom. The van der Waals surface area contributed by atoms with Crippen LogP contribution in [-0.4, -0.2) is 36.6 Å². The molecule has 0 atom stereocenters. The molecule has 0 aromatic heterocycles. The minimum atomic E-state index is -0.485. The molecule has 1 aliphatic heterocycles. The van der Waals surface area contributed by atoms with E-state index in [9.17, 15) is 4.79 Å². The van der Waals surface area contributed by atoms with E-state index in [-0.39, 0.29) is 18.3 Å². The Morgan fingerprint density at radius 1 is 1.16 bits per heavy atom. The Kier molecular flexibility index (Phi) is 5.54. The molecular weight excluding hydrogens is 317 g/mol. The Hall–Kier alpha value is -1.53. The number of hydrogen-bond acceptors (Lipinski definition) is 4. The number of rotatable bonds is 4. The van der Waals surface area contributed by atoms with Gasteiger partial charge in [-0.25, -0.2) is 4.79 Å². The lowest BCUT2D eigenvalue weighted by Gasteiger charge is -2.32. The minimum Gasteiger partial charge on any atom is -0.444 e. The number of nitrogens with one attached hydrogen (secondary N) is 1. The summed E-state index contributed by atoms with van der Waals surface area (Å²) in [6.45, 7) is 14.2. The van der Waals surface area contributed by atoms with E-state index in [4.69, 9.17) is 14.0 Å². The summed E-state index contributed by atoms with van der Waals surface area (Å²) in [5.41, 5.74) is 0.912. The first-order valence-electron chi connectivity index (χ1n) is 8.81. The Morgan fingerprint density at radius 2 is 1.76 bits per heavy atom. The number of amides is 1. The summed E-state index contributed by atoms with van der Waals surface area (Å²) in [7, 11) is -0.372. The van der Waals surface area contributed by atoms with Gasteiger partial charge in [-0.05, 0) is 65.9 Å². The monoisotopic (exact) mass is 347 g/mol. The van der Waals surface area contributed by atoms with Gasteiger partial charge in [-0.15, -0.1) is 0 Å². The molecule has 0 bridgehead atoms. The molecule has 25 heavy (non-hydrogen) atoms. The van der Waals surface area contributed by atoms with Crippen LogP contribution in [0.2, 0.25) is 0 Å². The highest BCUT2D eigenvalue weighted by atomic mass is 16.7. The highest BCUT2D eigenvalue weighted by Crippen LogP contribution is 2.36. The Bertz CT molecular complexity index is 606. The largest absolute Gasteiger partial charge is 0.494 e. The predicted octanol–water partition coefficient (Wildman–Crippen LogP) is 3.05. The highest BCUT2D eigenvalue weighted by Gasteiger charge is 2.51. The van der Waals surface area contributed by atoms with Crippen LogP contribution in [0, 0.1) is 0 Å². The van der Waals surface area contributed by atoms with Crippen LogP contribution in [0.4, 0.5) is 4.79 Å². The second-order valence-corrected chi connectivity index (χ2v) is 8.51. The molecule has 1 fully saturated rings. The summed E-state index contributed by atoms with van der Waals surface area (Å²) in [6.07, 6.45) is 0.321. The van der Waals surface area contributed by atoms with Crippen molar-refractivity contribution in [1.82, 2.24) is 5.32 Å². The first-order valence-corrected chi connectivity index (χ1v) is 8.81. The fraction of sp³-hybridized carbons (Fsp3) is 0.632. The lowest BCUT2D eigenvalue weighted by atomic mass is 9.78. The van der Waals surface area contributed by atoms with Gasteiger partial charge >= 0.3 is 13.2 Å². The molecule has 1 heterocycles. The van der Waals surface area contributed by atoms with Crippen LogP contribution in [0.3, 0.4) is 0 Å². The van der Waals surface area contributed by atoms with Crippen LogP contribution in [-0.2, 0) is 20.5 Å². The fourth-order valence-corrected chi connectivity index (χ4v) is 2.50. The van der Waals surface area contributed by atoms with Crippen molar-refractivity contribution in [3.05, 3.63) is 29.8 Å². The average Bonchev–Trinajstić information content (AvgIpc) is 2.66. The van der Waals surface area contributed by atoms with Crippen molar-refractivity contribution in [3.63, 3.8) is 0 Å². The van der Waals surface area contributed by atoms with Gasteiger partial charge in [0.05, 0.1) is 11.2 Å². The molecule has 0 unspecified atom stereocenters. The fourth-order valence-electron chi connectivity index (χ4n) is 2.50. The molecule has 1 aliphatic rings. The molecule has 1 amide bonds. The normalized spacial score (nSPS) is 18.9. The topological polar surface area (TPSA) is 56.8 Å². The second-order valence-electron chi connectivity index (χ2n) is 8.51. The number of ether oxygens (including phenoxy) is 1. The van der Waals surface area contributed by atoms with Crippen molar-refractivity contribution < 1.29 is 18.8 Å². The molecule has 1 aromatic carbocycles. The summed E-state index contributed by atoms with van der Waals surface area (Å²) in [6, 6.07) is 8.10. The number of hydrogen-bond donors (Lipinski definition) is 1. The third kappa shape index (κ3) is 5.22. The first kappa shape index (κ1) is 19.8. The van der Waals surface area contributed by atoms with Crippen molar-refractivity contribution in [2.75, 3.05) is 6.54 Å². The quantitative estimate of drug-likeness (QED) is 0.851. The SMILES string of the molecule is CC(C)(C)OC(=O)NCCc1cccc(B2OC(C)(C)C(C)(C)O2)c1. The molecule has 1 N–H and O–H groups in total. The van der Waals surface area contributed by atoms with E-state index in [0.717, 1.165) is 11.0 Å². The van der Waals surface area contributed by atoms with Gasteiger partial charge in [0.15, 0.2) is 0 Å². The van der Waals surface area contributed by atoms with E-state index in [1.54, 1.807) is 0 Å². The summed E-state index contributed by atoms with van der Waals surface area (Å²) >= 11 is 0. The van der Waals surface area contributed by atoms with Crippen molar-refractivity contribution >= 4 is 18.7 Å². The number of carbonyl (C=O) groups is 1. The van der Waals surface area contributed by atoms with E-state index in [2.05, 4.69) is 11.4 Å². The third-order valence-corrected chi connectivity index (χ3v) is 4.56. The van der Waals surface area contributed by atoms with Crippen LogP contribution in [0.15, 0.2) is 24.3 Å². The van der Waals surface area contributed by atoms with Crippen LogP contribution in [0.5, 0.6) is 0 Å². The zero-order valence-corrected chi connectivity index (χ0v) is 16.4. The van der Waals surface area contributed by atoms with Crippen molar-refractivity contribution in [2.45, 2.75) is 71.7 Å². The highest BCUT2D eigenvalue weighted by molar-refractivity contribution is 6.62. The molecule has 0 radical (unpaired) electrons. The molecule has 1 saturated heterocycles. The summed E-state index contributed by atoms with van der Waals surface area (Å²) < 4.78 is 17.4. The van der Waals surface area contributed by atoms with E-state index in [0.29, 0.717) is 13.0 Å². The number of carbonyl (C=O) groups excluding carboxylic acids is 1. The third-order valence-electron chi connectivity index (χ3n) is 4.56. The standard InChI is InChI=1S/C19H30BNO4/c1-17(2,3)23-16(22)21-12-11-14-9-8-10-15(13-14)20-24-18(4,5)19(6,7)25-20/h8-10,13H,11-12H2,1-7H3,(H,21,22). The smallest absolute Gasteiger partial charge is 0.444 e. The van der Waals surface area contributed by atoms with Crippen molar-refractivity contribution in [3.8, 4) is 0 Å². The molecule has 0 spiro atoms. The van der Waals surface area contributed by atoms with Gasteiger partial charge in [0, 0.05) is 6.54 Å². The zero-order valence-electron chi connectivity index (χ0n) is 16.4. The lowest BCUT2D eigenvalue weighted by Crippen LogP contribution is -2.41. The minimum absolute atomic E-state index is 0.355. The van der Waals surface area contributed by atoms with Gasteiger partial charge in [-0.3, -0.25) is 0 Å². The molecule has 138 valence electrons. The van der Waals surface area contributed by atoms with Gasteiger partial charge in [0.2, 0.25) is 0 Å².